The lowest BCUT2D eigenvalue weighted by Crippen LogP contribution is -2.47. The number of phosphoric ester groups is 1. The lowest BCUT2D eigenvalue weighted by Gasteiger charge is -2.30. The van der Waals surface area contributed by atoms with Crippen LogP contribution in [0.5, 0.6) is 0 Å². The van der Waals surface area contributed by atoms with Crippen LogP contribution in [0.2, 0.25) is 0 Å². The summed E-state index contributed by atoms with van der Waals surface area (Å²) >= 11 is 0. The van der Waals surface area contributed by atoms with E-state index in [-0.39, 0.29) is 24.9 Å². The number of esters is 1. The van der Waals surface area contributed by atoms with Crippen molar-refractivity contribution in [2.45, 2.75) is 238 Å². The smallest absolute Gasteiger partial charge is 0.306 e. The van der Waals surface area contributed by atoms with Gasteiger partial charge in [0.15, 0.2) is 0 Å². The predicted octanol–water partition coefficient (Wildman–Crippen LogP) is 17.7. The van der Waals surface area contributed by atoms with E-state index in [0.717, 1.165) is 89.9 Å². The van der Waals surface area contributed by atoms with Crippen LogP contribution < -0.4 is 10.2 Å². The largest absolute Gasteiger partial charge is 0.756 e. The molecule has 0 aliphatic carbocycles. The Morgan fingerprint density at radius 1 is 0.493 bits per heavy atom. The first-order valence-corrected chi connectivity index (χ1v) is 31.4. The van der Waals surface area contributed by atoms with E-state index in [9.17, 15) is 19.0 Å². The van der Waals surface area contributed by atoms with E-state index in [4.69, 9.17) is 13.8 Å². The number of rotatable bonds is 52. The molecule has 0 heterocycles. The number of carbonyl (C=O) groups excluding carboxylic acids is 2. The maximum Gasteiger partial charge on any atom is 0.306 e. The number of quaternary nitrogens is 1. The van der Waals surface area contributed by atoms with Gasteiger partial charge in [-0.3, -0.25) is 14.2 Å². The summed E-state index contributed by atoms with van der Waals surface area (Å²) in [4.78, 5) is 39.9. The number of hydrogen-bond donors (Lipinski definition) is 1. The molecule has 0 rings (SSSR count). The number of unbranched alkanes of at least 4 members (excludes halogenated alkanes) is 23. The summed E-state index contributed by atoms with van der Waals surface area (Å²) in [6, 6.07) is -0.919. The second-order valence-corrected chi connectivity index (χ2v) is 22.3. The minimum Gasteiger partial charge on any atom is -0.756 e. The summed E-state index contributed by atoms with van der Waals surface area (Å²) in [5.41, 5.74) is 0. The Bertz CT molecular complexity index is 1700. The van der Waals surface area contributed by atoms with E-state index >= 15 is 0 Å². The van der Waals surface area contributed by atoms with Crippen LogP contribution in [0.3, 0.4) is 0 Å². The van der Waals surface area contributed by atoms with Gasteiger partial charge in [-0.1, -0.05) is 245 Å². The molecule has 428 valence electrons. The molecule has 3 unspecified atom stereocenters. The van der Waals surface area contributed by atoms with Gasteiger partial charge in [-0.15, -0.1) is 0 Å². The second-order valence-electron chi connectivity index (χ2n) is 20.9. The fraction of sp³-hybridized carbons (Fsp3) is 0.662. The van der Waals surface area contributed by atoms with Crippen molar-refractivity contribution in [3.8, 4) is 0 Å². The fourth-order valence-electron chi connectivity index (χ4n) is 7.91. The van der Waals surface area contributed by atoms with Crippen molar-refractivity contribution in [2.75, 3.05) is 40.9 Å². The maximum atomic E-state index is 13.5. The number of likely N-dealkylation sites (N-methyl/N-ethyl adjacent to an activating group) is 1. The van der Waals surface area contributed by atoms with Crippen LogP contribution in [0, 0.1) is 0 Å². The van der Waals surface area contributed by atoms with Crippen LogP contribution in [-0.4, -0.2) is 69.4 Å². The van der Waals surface area contributed by atoms with Gasteiger partial charge in [0.2, 0.25) is 5.91 Å². The lowest BCUT2D eigenvalue weighted by atomic mass is 10.0. The van der Waals surface area contributed by atoms with E-state index in [2.05, 4.69) is 74.7 Å². The molecule has 0 bridgehead atoms. The average Bonchev–Trinajstić information content (AvgIpc) is 3.37. The summed E-state index contributed by atoms with van der Waals surface area (Å²) in [5, 5.41) is 3.00. The normalized spacial score (nSPS) is 14.6. The zero-order valence-corrected chi connectivity index (χ0v) is 49.6. The minimum absolute atomic E-state index is 0.0384. The van der Waals surface area contributed by atoms with E-state index in [0.29, 0.717) is 23.9 Å². The van der Waals surface area contributed by atoms with Crippen LogP contribution in [0.15, 0.2) is 122 Å². The number of nitrogens with zero attached hydrogens (tertiary/aromatic N) is 1. The molecule has 0 radical (unpaired) electrons. The maximum absolute atomic E-state index is 13.5. The fourth-order valence-corrected chi connectivity index (χ4v) is 8.63. The molecule has 75 heavy (non-hydrogen) atoms. The summed E-state index contributed by atoms with van der Waals surface area (Å²) in [6.07, 6.45) is 74.5. The molecule has 0 spiro atoms. The lowest BCUT2D eigenvalue weighted by molar-refractivity contribution is -0.870. The van der Waals surface area contributed by atoms with Crippen molar-refractivity contribution >= 4 is 19.7 Å². The van der Waals surface area contributed by atoms with Crippen molar-refractivity contribution in [3.63, 3.8) is 0 Å². The molecule has 0 aromatic heterocycles. The van der Waals surface area contributed by atoms with E-state index in [1.807, 2.05) is 94.1 Å². The summed E-state index contributed by atoms with van der Waals surface area (Å²) < 4.78 is 30.2. The van der Waals surface area contributed by atoms with Gasteiger partial charge in [0.25, 0.3) is 7.82 Å². The van der Waals surface area contributed by atoms with Crippen molar-refractivity contribution in [1.29, 1.82) is 0 Å². The zero-order valence-electron chi connectivity index (χ0n) is 48.7. The van der Waals surface area contributed by atoms with Crippen LogP contribution >= 0.6 is 7.82 Å². The Balaban J connectivity index is 5.35. The molecule has 1 amide bonds. The van der Waals surface area contributed by atoms with Gasteiger partial charge in [-0.25, -0.2) is 0 Å². The monoisotopic (exact) mass is 1060 g/mol. The van der Waals surface area contributed by atoms with Crippen molar-refractivity contribution in [3.05, 3.63) is 122 Å². The van der Waals surface area contributed by atoms with Crippen molar-refractivity contribution in [1.82, 2.24) is 5.32 Å². The van der Waals surface area contributed by atoms with Gasteiger partial charge in [0.1, 0.15) is 19.3 Å². The van der Waals surface area contributed by atoms with Gasteiger partial charge < -0.3 is 28.5 Å². The molecular weight excluding hydrogens is 952 g/mol. The number of hydrogen-bond acceptors (Lipinski definition) is 7. The molecule has 0 aromatic rings. The Morgan fingerprint density at radius 3 is 1.44 bits per heavy atom. The molecule has 0 saturated carbocycles. The highest BCUT2D eigenvalue weighted by atomic mass is 31.2. The number of ether oxygens (including phenoxy) is 1. The predicted molar refractivity (Wildman–Crippen MR) is 320 cm³/mol. The minimum atomic E-state index is -4.72. The molecule has 0 aliphatic heterocycles. The van der Waals surface area contributed by atoms with Crippen molar-refractivity contribution < 1.29 is 37.3 Å². The Kier molecular flexibility index (Phi) is 51.2. The van der Waals surface area contributed by atoms with Crippen LogP contribution in [0.25, 0.3) is 0 Å². The molecule has 3 atom stereocenters. The van der Waals surface area contributed by atoms with E-state index < -0.39 is 26.6 Å². The topological polar surface area (TPSA) is 114 Å². The molecule has 0 saturated heterocycles. The van der Waals surface area contributed by atoms with Gasteiger partial charge in [0, 0.05) is 12.8 Å². The Hall–Kier alpha value is -3.59. The van der Waals surface area contributed by atoms with Gasteiger partial charge in [-0.05, 0) is 89.5 Å². The highest BCUT2D eigenvalue weighted by Crippen LogP contribution is 2.38. The highest BCUT2D eigenvalue weighted by Gasteiger charge is 2.27. The molecule has 10 heteroatoms. The SMILES string of the molecule is CC\C=C/C=C/C=C/C=C\C=C\C=C\CCCCCC(=O)OC(/C=C\CCCCCCCCCCC)C(COP(=O)([O-])OCC[N+](C)(C)C)NC(=O)CCCCCCCCCC/C=C\C/C=C\C/C=C\CCCCC. The third-order valence-electron chi connectivity index (χ3n) is 12.5. The summed E-state index contributed by atoms with van der Waals surface area (Å²) in [6.45, 7) is 6.61. The third kappa shape index (κ3) is 55.0. The Labute approximate surface area is 461 Å². The van der Waals surface area contributed by atoms with Crippen LogP contribution in [0.4, 0.5) is 0 Å². The van der Waals surface area contributed by atoms with Gasteiger partial charge in [0.05, 0.1) is 33.8 Å². The second kappa shape index (κ2) is 53.8. The van der Waals surface area contributed by atoms with Crippen LogP contribution in [-0.2, 0) is 27.9 Å². The third-order valence-corrected chi connectivity index (χ3v) is 13.5. The first kappa shape index (κ1) is 71.4. The summed E-state index contributed by atoms with van der Waals surface area (Å²) in [5.74, 6) is -0.610. The molecule has 0 aliphatic rings. The molecule has 0 aromatic carbocycles. The summed E-state index contributed by atoms with van der Waals surface area (Å²) in [7, 11) is 1.13. The zero-order chi connectivity index (χ0) is 55.0. The molecule has 9 nitrogen and oxygen atoms in total. The number of amides is 1. The first-order chi connectivity index (χ1) is 36.4. The number of phosphoric acid groups is 1. The Morgan fingerprint density at radius 2 is 0.907 bits per heavy atom. The van der Waals surface area contributed by atoms with E-state index in [1.165, 1.54) is 96.3 Å². The number of allylic oxidation sites excluding steroid dienone is 19. The number of nitrogens with one attached hydrogen (secondary N) is 1. The average molecular weight is 1060 g/mol. The van der Waals surface area contributed by atoms with Gasteiger partial charge in [-0.2, -0.15) is 0 Å². The number of carbonyl (C=O) groups is 2. The highest BCUT2D eigenvalue weighted by molar-refractivity contribution is 7.45. The standard InChI is InChI=1S/C65H111N2O7P/c1-7-10-13-16-19-22-25-27-29-31-32-33-34-36-37-39-42-45-48-51-54-57-64(68)66-62(61-73-75(70,71)72-60-59-67(4,5)6)63(56-53-50-47-44-41-24-21-18-15-12-9-3)74-65(69)58-55-52-49-46-43-40-38-35-30-28-26-23-20-17-14-11-8-2/h11,14,17,19-20,22-23,26-30,32-33,35,38,40,43,53,56,62-63H,7-10,12-13,15-16,18,21,24-25,31,34,36-37,39,41-42,44-52,54-55,57-61H2,1-6H3,(H-,66,68,70,71)/b14-11-,20-17+,22-19-,26-23+,29-27-,30-28-,33-32-,38-35+,43-40+,56-53-. The molecule has 1 N–H and O–H groups in total. The first-order valence-electron chi connectivity index (χ1n) is 29.9. The van der Waals surface area contributed by atoms with Gasteiger partial charge >= 0.3 is 5.97 Å². The molecular formula is C65H111N2O7P. The quantitative estimate of drug-likeness (QED) is 0.0161. The van der Waals surface area contributed by atoms with Crippen molar-refractivity contribution in [2.24, 2.45) is 0 Å². The van der Waals surface area contributed by atoms with Crippen LogP contribution in [0.1, 0.15) is 226 Å². The van der Waals surface area contributed by atoms with E-state index in [1.54, 1.807) is 0 Å². The molecule has 0 fully saturated rings.